The quantitative estimate of drug-likeness (QED) is 0.448. The van der Waals surface area contributed by atoms with Crippen LogP contribution >= 0.6 is 0 Å². The third-order valence-electron chi connectivity index (χ3n) is 5.84. The van der Waals surface area contributed by atoms with Crippen LogP contribution in [0.3, 0.4) is 0 Å². The summed E-state index contributed by atoms with van der Waals surface area (Å²) in [5, 5.41) is 4.82. The van der Waals surface area contributed by atoms with Gasteiger partial charge < -0.3 is 23.8 Å². The summed E-state index contributed by atoms with van der Waals surface area (Å²) >= 11 is 0. The number of hydrogen-bond acceptors (Lipinski definition) is 5. The minimum absolute atomic E-state index is 0.0516. The van der Waals surface area contributed by atoms with Crippen LogP contribution in [0.15, 0.2) is 51.8 Å². The third-order valence-corrected chi connectivity index (χ3v) is 5.84. The van der Waals surface area contributed by atoms with E-state index < -0.39 is 5.63 Å². The summed E-state index contributed by atoms with van der Waals surface area (Å²) in [7, 11) is 3.01. The van der Waals surface area contributed by atoms with E-state index in [0.717, 1.165) is 5.52 Å². The molecule has 0 saturated carbocycles. The molecule has 32 heavy (non-hydrogen) atoms. The van der Waals surface area contributed by atoms with E-state index in [1.807, 2.05) is 19.2 Å². The number of hydrogen-bond donors (Lipinski definition) is 1. The van der Waals surface area contributed by atoms with Crippen LogP contribution in [0.5, 0.6) is 11.5 Å². The Bertz CT molecular complexity index is 1370. The summed E-state index contributed by atoms with van der Waals surface area (Å²) in [6, 6.07) is 11.8. The van der Waals surface area contributed by atoms with Crippen LogP contribution in [0.1, 0.15) is 16.7 Å². The summed E-state index contributed by atoms with van der Waals surface area (Å²) in [6.07, 6.45) is 1.97. The molecule has 7 heteroatoms. The van der Waals surface area contributed by atoms with E-state index in [0.29, 0.717) is 46.7 Å². The van der Waals surface area contributed by atoms with Gasteiger partial charge in [-0.25, -0.2) is 4.79 Å². The largest absolute Gasteiger partial charge is 0.493 e. The number of rotatable bonds is 7. The smallest absolute Gasteiger partial charge is 0.340 e. The number of aromatic nitrogens is 1. The average molecular weight is 434 g/mol. The Morgan fingerprint density at radius 1 is 1.06 bits per heavy atom. The number of nitrogens with zero attached hydrogens (tertiary/aromatic N) is 1. The van der Waals surface area contributed by atoms with Crippen molar-refractivity contribution in [2.24, 2.45) is 0 Å². The maximum Gasteiger partial charge on any atom is 0.340 e. The fourth-order valence-corrected chi connectivity index (χ4v) is 4.08. The van der Waals surface area contributed by atoms with Crippen molar-refractivity contribution >= 4 is 27.8 Å². The highest BCUT2D eigenvalue weighted by Gasteiger charge is 2.19. The van der Waals surface area contributed by atoms with Crippen LogP contribution in [0.25, 0.3) is 21.9 Å². The fraction of sp³-hybridized carbons (Fsp3) is 0.280. The molecule has 0 saturated heterocycles. The van der Waals surface area contributed by atoms with Crippen LogP contribution in [0.2, 0.25) is 0 Å². The molecule has 0 aliphatic carbocycles. The number of carbonyl (C=O) groups is 1. The molecule has 0 bridgehead atoms. The van der Waals surface area contributed by atoms with Gasteiger partial charge in [0.15, 0.2) is 11.3 Å². The molecule has 0 aliphatic rings. The Labute approximate surface area is 185 Å². The Kier molecular flexibility index (Phi) is 5.90. The van der Waals surface area contributed by atoms with Gasteiger partial charge in [-0.3, -0.25) is 4.79 Å². The van der Waals surface area contributed by atoms with Gasteiger partial charge in [-0.05, 0) is 49.2 Å². The van der Waals surface area contributed by atoms with Crippen molar-refractivity contribution in [1.82, 2.24) is 9.88 Å². The zero-order valence-electron chi connectivity index (χ0n) is 18.7. The molecule has 1 N–H and O–H groups in total. The monoisotopic (exact) mass is 434 g/mol. The first-order valence-corrected chi connectivity index (χ1v) is 10.4. The summed E-state index contributed by atoms with van der Waals surface area (Å²) in [5.74, 6) is 0.601. The van der Waals surface area contributed by atoms with E-state index in [2.05, 4.69) is 35.0 Å². The minimum atomic E-state index is -0.552. The highest BCUT2D eigenvalue weighted by atomic mass is 16.5. The van der Waals surface area contributed by atoms with E-state index in [1.165, 1.54) is 25.2 Å². The lowest BCUT2D eigenvalue weighted by atomic mass is 10.0. The van der Waals surface area contributed by atoms with Crippen LogP contribution in [-0.4, -0.2) is 31.2 Å². The van der Waals surface area contributed by atoms with Gasteiger partial charge in [0.25, 0.3) is 0 Å². The Morgan fingerprint density at radius 3 is 2.62 bits per heavy atom. The molecule has 4 aromatic rings. The number of amides is 1. The molecule has 166 valence electrons. The lowest BCUT2D eigenvalue weighted by Gasteiger charge is -2.13. The fourth-order valence-electron chi connectivity index (χ4n) is 4.08. The Morgan fingerprint density at radius 2 is 1.88 bits per heavy atom. The number of nitrogens with one attached hydrogen (secondary N) is 1. The lowest BCUT2D eigenvalue weighted by molar-refractivity contribution is -0.120. The second-order valence-corrected chi connectivity index (χ2v) is 7.71. The summed E-state index contributed by atoms with van der Waals surface area (Å²) in [4.78, 5) is 25.2. The van der Waals surface area contributed by atoms with Gasteiger partial charge in [-0.15, -0.1) is 0 Å². The standard InChI is InChI=1S/C25H26N2O5/c1-15-6-5-7-20-17(15)10-12-27(20)13-11-26-22(28)14-19-16(2)18-8-9-21(30-3)24(31-4)23(18)32-25(19)29/h5-10,12H,11,13-14H2,1-4H3,(H,26,28). The maximum absolute atomic E-state index is 12.6. The van der Waals surface area contributed by atoms with Crippen molar-refractivity contribution in [1.29, 1.82) is 0 Å². The second-order valence-electron chi connectivity index (χ2n) is 7.71. The first-order chi connectivity index (χ1) is 15.4. The Hall–Kier alpha value is -3.74. The minimum Gasteiger partial charge on any atom is -0.493 e. The van der Waals surface area contributed by atoms with Gasteiger partial charge in [0.2, 0.25) is 11.7 Å². The Balaban J connectivity index is 1.50. The van der Waals surface area contributed by atoms with Gasteiger partial charge in [-0.1, -0.05) is 12.1 Å². The normalized spacial score (nSPS) is 11.1. The molecule has 0 spiro atoms. The predicted molar refractivity (Wildman–Crippen MR) is 124 cm³/mol. The van der Waals surface area contributed by atoms with Crippen LogP contribution in [0.4, 0.5) is 0 Å². The molecule has 0 radical (unpaired) electrons. The van der Waals surface area contributed by atoms with E-state index in [-0.39, 0.29) is 12.3 Å². The number of aryl methyl sites for hydroxylation is 2. The van der Waals surface area contributed by atoms with Gasteiger partial charge in [-0.2, -0.15) is 0 Å². The van der Waals surface area contributed by atoms with Crippen molar-refractivity contribution in [2.45, 2.75) is 26.8 Å². The van der Waals surface area contributed by atoms with Crippen molar-refractivity contribution in [2.75, 3.05) is 20.8 Å². The number of methoxy groups -OCH3 is 2. The van der Waals surface area contributed by atoms with E-state index >= 15 is 0 Å². The molecule has 0 fully saturated rings. The van der Waals surface area contributed by atoms with Gasteiger partial charge in [0.05, 0.1) is 26.2 Å². The lowest BCUT2D eigenvalue weighted by Crippen LogP contribution is -2.30. The molecule has 2 aromatic heterocycles. The molecule has 7 nitrogen and oxygen atoms in total. The molecular weight excluding hydrogens is 408 g/mol. The SMILES string of the molecule is COc1ccc2c(C)c(CC(=O)NCCn3ccc4c(C)cccc43)c(=O)oc2c1OC. The summed E-state index contributed by atoms with van der Waals surface area (Å²) in [6.45, 7) is 4.99. The average Bonchev–Trinajstić information content (AvgIpc) is 3.20. The van der Waals surface area contributed by atoms with Crippen LogP contribution in [-0.2, 0) is 17.8 Å². The van der Waals surface area contributed by atoms with E-state index in [1.54, 1.807) is 12.1 Å². The van der Waals surface area contributed by atoms with Crippen molar-refractivity contribution in [3.63, 3.8) is 0 Å². The highest BCUT2D eigenvalue weighted by Crippen LogP contribution is 2.36. The van der Waals surface area contributed by atoms with Gasteiger partial charge >= 0.3 is 5.63 Å². The molecule has 2 heterocycles. The topological polar surface area (TPSA) is 82.7 Å². The number of carbonyl (C=O) groups excluding carboxylic acids is 1. The molecule has 0 unspecified atom stereocenters. The molecule has 4 rings (SSSR count). The van der Waals surface area contributed by atoms with Crippen LogP contribution in [0, 0.1) is 13.8 Å². The second kappa shape index (κ2) is 8.78. The molecule has 0 aliphatic heterocycles. The molecule has 0 atom stereocenters. The number of benzene rings is 2. The summed E-state index contributed by atoms with van der Waals surface area (Å²) in [5.41, 5.74) is 3.15. The maximum atomic E-state index is 12.6. The molecule has 1 amide bonds. The molecule has 2 aromatic carbocycles. The van der Waals surface area contributed by atoms with E-state index in [9.17, 15) is 9.59 Å². The highest BCUT2D eigenvalue weighted by molar-refractivity contribution is 5.90. The van der Waals surface area contributed by atoms with E-state index in [4.69, 9.17) is 13.9 Å². The first kappa shape index (κ1) is 21.5. The summed E-state index contributed by atoms with van der Waals surface area (Å²) < 4.78 is 18.3. The molecular formula is C25H26N2O5. The first-order valence-electron chi connectivity index (χ1n) is 10.4. The van der Waals surface area contributed by atoms with Gasteiger partial charge in [0, 0.05) is 35.6 Å². The predicted octanol–water partition coefficient (Wildman–Crippen LogP) is 3.74. The van der Waals surface area contributed by atoms with Gasteiger partial charge in [0.1, 0.15) is 0 Å². The van der Waals surface area contributed by atoms with Crippen LogP contribution < -0.4 is 20.4 Å². The van der Waals surface area contributed by atoms with Crippen molar-refractivity contribution in [3.05, 3.63) is 69.7 Å². The number of fused-ring (bicyclic) bond motifs is 2. The number of ether oxygens (including phenoxy) is 2. The third kappa shape index (κ3) is 3.82. The van der Waals surface area contributed by atoms with Crippen molar-refractivity contribution < 1.29 is 18.7 Å². The zero-order chi connectivity index (χ0) is 22.8. The zero-order valence-corrected chi connectivity index (χ0v) is 18.7. The van der Waals surface area contributed by atoms with Crippen molar-refractivity contribution in [3.8, 4) is 11.5 Å².